The van der Waals surface area contributed by atoms with Gasteiger partial charge in [0.1, 0.15) is 0 Å². The molecule has 2 aliphatic rings. The van der Waals surface area contributed by atoms with Crippen LogP contribution in [0.5, 0.6) is 0 Å². The van der Waals surface area contributed by atoms with Crippen LogP contribution in [-0.2, 0) is 0 Å². The van der Waals surface area contributed by atoms with Crippen molar-refractivity contribution < 1.29 is 4.79 Å². The Morgan fingerprint density at radius 2 is 1.90 bits per heavy atom. The highest BCUT2D eigenvalue weighted by molar-refractivity contribution is 6.34. The third kappa shape index (κ3) is 3.34. The summed E-state index contributed by atoms with van der Waals surface area (Å²) in [5.74, 6) is 0.665. The fourth-order valence-electron chi connectivity index (χ4n) is 3.34. The van der Waals surface area contributed by atoms with E-state index in [1.807, 2.05) is 4.90 Å². The summed E-state index contributed by atoms with van der Waals surface area (Å²) in [7, 11) is 0. The van der Waals surface area contributed by atoms with Crippen molar-refractivity contribution in [3.05, 3.63) is 28.8 Å². The summed E-state index contributed by atoms with van der Waals surface area (Å²) in [6, 6.07) is 5.69. The van der Waals surface area contributed by atoms with Crippen molar-refractivity contribution in [3.63, 3.8) is 0 Å². The summed E-state index contributed by atoms with van der Waals surface area (Å²) >= 11 is 6.21. The Hall–Kier alpha value is -1.22. The molecule has 1 aromatic carbocycles. The Balaban J connectivity index is 1.78. The molecule has 2 N–H and O–H groups in total. The van der Waals surface area contributed by atoms with Gasteiger partial charge in [-0.3, -0.25) is 4.79 Å². The lowest BCUT2D eigenvalue weighted by Gasteiger charge is -2.30. The van der Waals surface area contributed by atoms with Gasteiger partial charge in [-0.05, 0) is 43.7 Å². The highest BCUT2D eigenvalue weighted by Crippen LogP contribution is 2.34. The third-order valence-corrected chi connectivity index (χ3v) is 5.00. The lowest BCUT2D eigenvalue weighted by atomic mass is 9.88. The van der Waals surface area contributed by atoms with Crippen molar-refractivity contribution in [3.8, 4) is 0 Å². The number of rotatable bonds is 4. The summed E-state index contributed by atoms with van der Waals surface area (Å²) in [6.07, 6.45) is 8.65. The number of anilines is 1. The van der Waals surface area contributed by atoms with Gasteiger partial charge in [-0.25, -0.2) is 0 Å². The molecule has 1 aromatic rings. The maximum Gasteiger partial charge on any atom is 0.257 e. The summed E-state index contributed by atoms with van der Waals surface area (Å²) < 4.78 is 0. The number of benzene rings is 1. The molecule has 2 aliphatic carbocycles. The Morgan fingerprint density at radius 3 is 2.52 bits per heavy atom. The molecule has 4 heteroatoms. The average Bonchev–Trinajstić information content (AvgIpc) is 3.30. The summed E-state index contributed by atoms with van der Waals surface area (Å²) in [5.41, 5.74) is 6.96. The first kappa shape index (κ1) is 14.7. The van der Waals surface area contributed by atoms with Crippen molar-refractivity contribution in [2.75, 3.05) is 12.3 Å². The Labute approximate surface area is 131 Å². The molecule has 0 radical (unpaired) electrons. The second-order valence-electron chi connectivity index (χ2n) is 6.40. The number of amides is 1. The zero-order valence-corrected chi connectivity index (χ0v) is 13.1. The SMILES string of the molecule is Nc1cccc(Cl)c1C(=O)N(CC1CCCCC1)C1CC1. The van der Waals surface area contributed by atoms with Crippen molar-refractivity contribution in [2.24, 2.45) is 5.92 Å². The van der Waals surface area contributed by atoms with Crippen molar-refractivity contribution in [2.45, 2.75) is 51.0 Å². The van der Waals surface area contributed by atoms with Crippen LogP contribution in [0.3, 0.4) is 0 Å². The van der Waals surface area contributed by atoms with Crippen LogP contribution in [0.25, 0.3) is 0 Å². The number of halogens is 1. The third-order valence-electron chi connectivity index (χ3n) is 4.69. The molecule has 0 aromatic heterocycles. The molecular formula is C17H23ClN2O. The van der Waals surface area contributed by atoms with Gasteiger partial charge in [0.05, 0.1) is 10.6 Å². The summed E-state index contributed by atoms with van der Waals surface area (Å²) in [4.78, 5) is 14.9. The normalized spacial score (nSPS) is 19.5. The maximum absolute atomic E-state index is 12.9. The van der Waals surface area contributed by atoms with Crippen LogP contribution in [0, 0.1) is 5.92 Å². The molecule has 2 saturated carbocycles. The minimum absolute atomic E-state index is 0.0196. The van der Waals surface area contributed by atoms with E-state index in [2.05, 4.69) is 0 Å². The Bertz CT molecular complexity index is 501. The Kier molecular flexibility index (Phi) is 4.39. The van der Waals surface area contributed by atoms with Gasteiger partial charge >= 0.3 is 0 Å². The summed E-state index contributed by atoms with van der Waals surface area (Å²) in [5, 5.41) is 0.467. The van der Waals surface area contributed by atoms with Crippen molar-refractivity contribution in [1.29, 1.82) is 0 Å². The molecule has 3 nitrogen and oxygen atoms in total. The van der Waals surface area contributed by atoms with Crippen molar-refractivity contribution in [1.82, 2.24) is 4.90 Å². The zero-order chi connectivity index (χ0) is 14.8. The molecule has 0 aliphatic heterocycles. The molecular weight excluding hydrogens is 284 g/mol. The standard InChI is InChI=1S/C17H23ClN2O/c18-14-7-4-8-15(19)16(14)17(21)20(13-9-10-13)11-12-5-2-1-3-6-12/h4,7-8,12-13H,1-3,5-6,9-11,19H2. The number of hydrogen-bond donors (Lipinski definition) is 1. The second kappa shape index (κ2) is 6.27. The van der Waals surface area contributed by atoms with Gasteiger partial charge in [0.2, 0.25) is 0 Å². The number of carbonyl (C=O) groups is 1. The highest BCUT2D eigenvalue weighted by atomic mass is 35.5. The quantitative estimate of drug-likeness (QED) is 0.851. The molecule has 0 spiro atoms. The zero-order valence-electron chi connectivity index (χ0n) is 12.4. The van der Waals surface area contributed by atoms with Crippen LogP contribution in [0.15, 0.2) is 18.2 Å². The molecule has 0 atom stereocenters. The molecule has 114 valence electrons. The number of hydrogen-bond acceptors (Lipinski definition) is 2. The molecule has 0 saturated heterocycles. The van der Waals surface area contributed by atoms with Gasteiger partial charge in [-0.2, -0.15) is 0 Å². The molecule has 21 heavy (non-hydrogen) atoms. The van der Waals surface area contributed by atoms with E-state index in [0.29, 0.717) is 28.2 Å². The van der Waals surface area contributed by atoms with Crippen LogP contribution in [0.4, 0.5) is 5.69 Å². The lowest BCUT2D eigenvalue weighted by molar-refractivity contribution is 0.0700. The smallest absolute Gasteiger partial charge is 0.257 e. The van der Waals surface area contributed by atoms with E-state index in [9.17, 15) is 4.79 Å². The first-order valence-electron chi connectivity index (χ1n) is 8.02. The first-order chi connectivity index (χ1) is 10.2. The fraction of sp³-hybridized carbons (Fsp3) is 0.588. The van der Waals surface area contributed by atoms with E-state index in [1.54, 1.807) is 18.2 Å². The molecule has 0 unspecified atom stereocenters. The van der Waals surface area contributed by atoms with Gasteiger partial charge in [0.25, 0.3) is 5.91 Å². The maximum atomic E-state index is 12.9. The van der Waals surface area contributed by atoms with Crippen LogP contribution in [0.1, 0.15) is 55.3 Å². The van der Waals surface area contributed by atoms with Crippen LogP contribution >= 0.6 is 11.6 Å². The van der Waals surface area contributed by atoms with E-state index >= 15 is 0 Å². The van der Waals surface area contributed by atoms with Gasteiger partial charge in [-0.1, -0.05) is 36.9 Å². The topological polar surface area (TPSA) is 46.3 Å². The van der Waals surface area contributed by atoms with Gasteiger partial charge in [-0.15, -0.1) is 0 Å². The predicted molar refractivity (Wildman–Crippen MR) is 86.5 cm³/mol. The van der Waals surface area contributed by atoms with Crippen LogP contribution < -0.4 is 5.73 Å². The van der Waals surface area contributed by atoms with Gasteiger partial charge in [0, 0.05) is 18.3 Å². The monoisotopic (exact) mass is 306 g/mol. The average molecular weight is 307 g/mol. The van der Waals surface area contributed by atoms with Crippen LogP contribution in [0.2, 0.25) is 5.02 Å². The lowest BCUT2D eigenvalue weighted by Crippen LogP contribution is -2.38. The summed E-state index contributed by atoms with van der Waals surface area (Å²) in [6.45, 7) is 0.869. The van der Waals surface area contributed by atoms with Gasteiger partial charge in [0.15, 0.2) is 0 Å². The number of nitrogens with two attached hydrogens (primary N) is 1. The number of nitrogens with zero attached hydrogens (tertiary/aromatic N) is 1. The minimum atomic E-state index is 0.0196. The number of nitrogen functional groups attached to an aromatic ring is 1. The second-order valence-corrected chi connectivity index (χ2v) is 6.80. The Morgan fingerprint density at radius 1 is 1.19 bits per heavy atom. The van der Waals surface area contributed by atoms with Crippen LogP contribution in [-0.4, -0.2) is 23.4 Å². The molecule has 0 bridgehead atoms. The van der Waals surface area contributed by atoms with Crippen molar-refractivity contribution >= 4 is 23.2 Å². The predicted octanol–water partition coefficient (Wildman–Crippen LogP) is 4.11. The van der Waals surface area contributed by atoms with E-state index < -0.39 is 0 Å². The molecule has 1 amide bonds. The molecule has 0 heterocycles. The largest absolute Gasteiger partial charge is 0.398 e. The minimum Gasteiger partial charge on any atom is -0.398 e. The fourth-order valence-corrected chi connectivity index (χ4v) is 3.60. The number of carbonyl (C=O) groups excluding carboxylic acids is 1. The molecule has 2 fully saturated rings. The highest BCUT2D eigenvalue weighted by Gasteiger charge is 2.35. The van der Waals surface area contributed by atoms with Gasteiger partial charge < -0.3 is 10.6 Å². The van der Waals surface area contributed by atoms with E-state index in [-0.39, 0.29) is 5.91 Å². The van der Waals surface area contributed by atoms with E-state index in [1.165, 1.54) is 32.1 Å². The van der Waals surface area contributed by atoms with E-state index in [4.69, 9.17) is 17.3 Å². The van der Waals surface area contributed by atoms with E-state index in [0.717, 1.165) is 19.4 Å². The molecule has 3 rings (SSSR count). The first-order valence-corrected chi connectivity index (χ1v) is 8.39.